The molecule has 166 valence electrons. The predicted octanol–water partition coefficient (Wildman–Crippen LogP) is 5.07. The number of likely N-dealkylation sites (tertiary alicyclic amines) is 1. The molecule has 4 heteroatoms. The molecule has 5 rings (SSSR count). The molecule has 2 fully saturated rings. The van der Waals surface area contributed by atoms with Gasteiger partial charge in [0.25, 0.3) is 0 Å². The number of para-hydroxylation sites is 1. The highest BCUT2D eigenvalue weighted by molar-refractivity contribution is 5.88. The van der Waals surface area contributed by atoms with Crippen molar-refractivity contribution in [3.63, 3.8) is 0 Å². The van der Waals surface area contributed by atoms with E-state index in [2.05, 4.69) is 65.3 Å². The average molecular weight is 429 g/mol. The van der Waals surface area contributed by atoms with Crippen LogP contribution in [0, 0.1) is 12.8 Å². The normalized spacial score (nSPS) is 20.9. The molecule has 3 aromatic rings. The zero-order valence-electron chi connectivity index (χ0n) is 18.9. The third-order valence-corrected chi connectivity index (χ3v) is 7.39. The Morgan fingerprint density at radius 2 is 1.88 bits per heavy atom. The Morgan fingerprint density at radius 3 is 2.69 bits per heavy atom. The number of aromatic nitrogens is 1. The van der Waals surface area contributed by atoms with E-state index in [1.54, 1.807) is 0 Å². The van der Waals surface area contributed by atoms with Gasteiger partial charge in [-0.3, -0.25) is 9.78 Å². The van der Waals surface area contributed by atoms with E-state index in [-0.39, 0.29) is 0 Å². The highest BCUT2D eigenvalue weighted by Crippen LogP contribution is 2.38. The number of benzene rings is 2. The van der Waals surface area contributed by atoms with Crippen molar-refractivity contribution in [1.29, 1.82) is 0 Å². The maximum Gasteiger partial charge on any atom is 0.233 e. The van der Waals surface area contributed by atoms with Gasteiger partial charge in [0.2, 0.25) is 5.91 Å². The first-order valence-electron chi connectivity index (χ1n) is 11.9. The molecule has 0 saturated carbocycles. The number of aryl methyl sites for hydroxylation is 1. The van der Waals surface area contributed by atoms with Gasteiger partial charge in [0.1, 0.15) is 0 Å². The summed E-state index contributed by atoms with van der Waals surface area (Å²) in [6, 6.07) is 19.1. The minimum Gasteiger partial charge on any atom is -0.381 e. The molecule has 0 aliphatic carbocycles. The number of carbonyl (C=O) groups excluding carboxylic acids is 1. The second-order valence-corrected chi connectivity index (χ2v) is 9.52. The summed E-state index contributed by atoms with van der Waals surface area (Å²) in [5.41, 5.74) is 4.32. The first-order valence-corrected chi connectivity index (χ1v) is 11.9. The van der Waals surface area contributed by atoms with Crippen LogP contribution in [-0.2, 0) is 21.4 Å². The molecule has 2 saturated heterocycles. The number of piperidine rings is 1. The largest absolute Gasteiger partial charge is 0.381 e. The van der Waals surface area contributed by atoms with Crippen molar-refractivity contribution in [2.24, 2.45) is 5.92 Å². The standard InChI is InChI=1S/C28H32N2O2/c1-21-9-11-25(12-10-21)28(13-17-32-18-14-28)27(31)30-16-4-5-22(20-30)19-24-7-2-6-23-8-3-15-29-26(23)24/h2-3,6-12,15,22H,4-5,13-14,16-20H2,1H3. The first-order chi connectivity index (χ1) is 15.7. The van der Waals surface area contributed by atoms with E-state index in [4.69, 9.17) is 4.74 Å². The van der Waals surface area contributed by atoms with E-state index in [1.807, 2.05) is 12.3 Å². The van der Waals surface area contributed by atoms with Crippen LogP contribution in [0.15, 0.2) is 60.8 Å². The van der Waals surface area contributed by atoms with Crippen molar-refractivity contribution in [2.45, 2.75) is 44.4 Å². The van der Waals surface area contributed by atoms with E-state index in [0.29, 0.717) is 25.0 Å². The van der Waals surface area contributed by atoms with Crippen LogP contribution in [0.25, 0.3) is 10.9 Å². The van der Waals surface area contributed by atoms with Gasteiger partial charge in [-0.15, -0.1) is 0 Å². The third kappa shape index (κ3) is 4.04. The summed E-state index contributed by atoms with van der Waals surface area (Å²) in [6.07, 6.45) is 6.60. The van der Waals surface area contributed by atoms with Crippen LogP contribution < -0.4 is 0 Å². The highest BCUT2D eigenvalue weighted by Gasteiger charge is 2.44. The Balaban J connectivity index is 1.38. The Morgan fingerprint density at radius 1 is 1.09 bits per heavy atom. The van der Waals surface area contributed by atoms with E-state index in [9.17, 15) is 4.79 Å². The van der Waals surface area contributed by atoms with Gasteiger partial charge in [0.15, 0.2) is 0 Å². The number of pyridine rings is 1. The Labute approximate surface area is 190 Å². The first kappa shape index (κ1) is 21.1. The maximum absolute atomic E-state index is 14.0. The fraction of sp³-hybridized carbons (Fsp3) is 0.429. The molecule has 1 unspecified atom stereocenters. The molecule has 3 heterocycles. The summed E-state index contributed by atoms with van der Waals surface area (Å²) in [6.45, 7) is 5.09. The Hall–Kier alpha value is -2.72. The minimum absolute atomic E-state index is 0.297. The molecule has 4 nitrogen and oxygen atoms in total. The van der Waals surface area contributed by atoms with Crippen LogP contribution in [0.5, 0.6) is 0 Å². The van der Waals surface area contributed by atoms with Gasteiger partial charge >= 0.3 is 0 Å². The Bertz CT molecular complexity index is 1080. The van der Waals surface area contributed by atoms with Crippen LogP contribution >= 0.6 is 0 Å². The van der Waals surface area contributed by atoms with Gasteiger partial charge in [0, 0.05) is 37.9 Å². The molecule has 1 aromatic heterocycles. The zero-order valence-corrected chi connectivity index (χ0v) is 18.9. The second kappa shape index (κ2) is 9.03. The van der Waals surface area contributed by atoms with Gasteiger partial charge < -0.3 is 9.64 Å². The van der Waals surface area contributed by atoms with Crippen molar-refractivity contribution >= 4 is 16.8 Å². The summed E-state index contributed by atoms with van der Waals surface area (Å²) in [5, 5.41) is 1.19. The van der Waals surface area contributed by atoms with E-state index in [1.165, 1.54) is 16.5 Å². The smallest absolute Gasteiger partial charge is 0.233 e. The average Bonchev–Trinajstić information content (AvgIpc) is 2.85. The van der Waals surface area contributed by atoms with E-state index < -0.39 is 5.41 Å². The van der Waals surface area contributed by atoms with E-state index >= 15 is 0 Å². The fourth-order valence-electron chi connectivity index (χ4n) is 5.58. The monoisotopic (exact) mass is 428 g/mol. The lowest BCUT2D eigenvalue weighted by atomic mass is 9.72. The molecule has 2 aromatic carbocycles. The number of hydrogen-bond donors (Lipinski definition) is 0. The lowest BCUT2D eigenvalue weighted by Gasteiger charge is -2.43. The van der Waals surface area contributed by atoms with Crippen molar-refractivity contribution in [3.05, 3.63) is 77.5 Å². The van der Waals surface area contributed by atoms with Gasteiger partial charge in [-0.1, -0.05) is 54.1 Å². The predicted molar refractivity (Wildman–Crippen MR) is 128 cm³/mol. The molecule has 0 N–H and O–H groups in total. The summed E-state index contributed by atoms with van der Waals surface area (Å²) in [4.78, 5) is 20.8. The Kier molecular flexibility index (Phi) is 5.97. The molecule has 1 amide bonds. The molecule has 32 heavy (non-hydrogen) atoms. The van der Waals surface area contributed by atoms with Crippen LogP contribution in [0.2, 0.25) is 0 Å². The van der Waals surface area contributed by atoms with Crippen molar-refractivity contribution in [3.8, 4) is 0 Å². The molecule has 2 aliphatic rings. The highest BCUT2D eigenvalue weighted by atomic mass is 16.5. The molecule has 2 aliphatic heterocycles. The molecule has 0 radical (unpaired) electrons. The minimum atomic E-state index is -0.450. The molecular weight excluding hydrogens is 396 g/mol. The number of nitrogens with zero attached hydrogens (tertiary/aromatic N) is 2. The van der Waals surface area contributed by atoms with Crippen LogP contribution in [-0.4, -0.2) is 42.1 Å². The van der Waals surface area contributed by atoms with Gasteiger partial charge in [-0.2, -0.15) is 0 Å². The number of amides is 1. The van der Waals surface area contributed by atoms with Gasteiger partial charge in [-0.25, -0.2) is 0 Å². The van der Waals surface area contributed by atoms with Crippen molar-refractivity contribution < 1.29 is 9.53 Å². The number of carbonyl (C=O) groups is 1. The topological polar surface area (TPSA) is 42.4 Å². The summed E-state index contributed by atoms with van der Waals surface area (Å²) in [5.74, 6) is 0.764. The SMILES string of the molecule is Cc1ccc(C2(C(=O)N3CCCC(Cc4cccc5cccnc45)C3)CCOCC2)cc1. The maximum atomic E-state index is 14.0. The zero-order chi connectivity index (χ0) is 22.0. The van der Waals surface area contributed by atoms with Crippen molar-refractivity contribution in [2.75, 3.05) is 26.3 Å². The lowest BCUT2D eigenvalue weighted by molar-refractivity contribution is -0.143. The number of ether oxygens (including phenoxy) is 1. The van der Waals surface area contributed by atoms with Crippen LogP contribution in [0.3, 0.4) is 0 Å². The second-order valence-electron chi connectivity index (χ2n) is 9.52. The fourth-order valence-corrected chi connectivity index (χ4v) is 5.58. The van der Waals surface area contributed by atoms with E-state index in [0.717, 1.165) is 56.3 Å². The summed E-state index contributed by atoms with van der Waals surface area (Å²) < 4.78 is 5.67. The molecular formula is C28H32N2O2. The van der Waals surface area contributed by atoms with Crippen LogP contribution in [0.4, 0.5) is 0 Å². The molecule has 0 bridgehead atoms. The molecule has 1 atom stereocenters. The van der Waals surface area contributed by atoms with Crippen molar-refractivity contribution in [1.82, 2.24) is 9.88 Å². The quantitative estimate of drug-likeness (QED) is 0.582. The number of rotatable bonds is 4. The van der Waals surface area contributed by atoms with Crippen LogP contribution in [0.1, 0.15) is 42.4 Å². The van der Waals surface area contributed by atoms with Gasteiger partial charge in [0.05, 0.1) is 10.9 Å². The third-order valence-electron chi connectivity index (χ3n) is 7.39. The van der Waals surface area contributed by atoms with Gasteiger partial charge in [-0.05, 0) is 62.1 Å². The number of fused-ring (bicyclic) bond motifs is 1. The summed E-state index contributed by atoms with van der Waals surface area (Å²) >= 11 is 0. The molecule has 0 spiro atoms. The number of hydrogen-bond acceptors (Lipinski definition) is 3. The summed E-state index contributed by atoms with van der Waals surface area (Å²) in [7, 11) is 0. The lowest BCUT2D eigenvalue weighted by Crippen LogP contribution is -2.52.